The van der Waals surface area contributed by atoms with Crippen LogP contribution in [0.4, 0.5) is 8.78 Å². The van der Waals surface area contributed by atoms with Gasteiger partial charge in [0.15, 0.2) is 0 Å². The molecule has 31 heavy (non-hydrogen) atoms. The van der Waals surface area contributed by atoms with Crippen LogP contribution in [0.3, 0.4) is 0 Å². The Morgan fingerprint density at radius 1 is 0.871 bits per heavy atom. The third kappa shape index (κ3) is 3.61. The number of halogens is 2. The molecule has 0 saturated carbocycles. The smallest absolute Gasteiger partial charge is 0.123 e. The highest BCUT2D eigenvalue weighted by atomic mass is 19.1. The Bertz CT molecular complexity index is 1350. The molecule has 2 heterocycles. The molecule has 2 aliphatic rings. The van der Waals surface area contributed by atoms with Crippen LogP contribution in [-0.2, 0) is 6.54 Å². The van der Waals surface area contributed by atoms with Crippen molar-refractivity contribution >= 4 is 10.9 Å². The van der Waals surface area contributed by atoms with Gasteiger partial charge in [-0.05, 0) is 67.1 Å². The Morgan fingerprint density at radius 2 is 1.68 bits per heavy atom. The van der Waals surface area contributed by atoms with Crippen LogP contribution in [0.1, 0.15) is 12.5 Å². The molecule has 3 aromatic carbocycles. The highest BCUT2D eigenvalue weighted by molar-refractivity contribution is 5.98. The summed E-state index contributed by atoms with van der Waals surface area (Å²) >= 11 is 0. The van der Waals surface area contributed by atoms with Crippen LogP contribution in [0, 0.1) is 11.6 Å². The number of fused-ring (bicyclic) bond motifs is 3. The monoisotopic (exact) mass is 415 g/mol. The number of nitrogens with zero attached hydrogens (tertiary/aromatic N) is 3. The Morgan fingerprint density at radius 3 is 2.45 bits per heavy atom. The molecule has 0 atom stereocenters. The van der Waals surface area contributed by atoms with Crippen molar-refractivity contribution < 1.29 is 13.5 Å². The Labute approximate surface area is 178 Å². The van der Waals surface area contributed by atoms with E-state index in [1.54, 1.807) is 18.2 Å². The lowest BCUT2D eigenvalue weighted by Crippen LogP contribution is -2.05. The van der Waals surface area contributed by atoms with Crippen molar-refractivity contribution in [1.82, 2.24) is 14.8 Å². The fourth-order valence-electron chi connectivity index (χ4n) is 3.86. The molecular formula is C25H19F2N3O. The molecule has 2 aliphatic heterocycles. The first kappa shape index (κ1) is 19.2. The molecule has 0 radical (unpaired) electrons. The molecule has 5 rings (SSSR count). The lowest BCUT2D eigenvalue weighted by molar-refractivity contribution is 0.340. The van der Waals surface area contributed by atoms with Gasteiger partial charge in [0.2, 0.25) is 0 Å². The van der Waals surface area contributed by atoms with Gasteiger partial charge >= 0.3 is 0 Å². The number of hydrogen-bond acceptors (Lipinski definition) is 3. The van der Waals surface area contributed by atoms with Crippen molar-refractivity contribution in [1.29, 1.82) is 0 Å². The predicted octanol–water partition coefficient (Wildman–Crippen LogP) is 5.93. The average Bonchev–Trinajstić information content (AvgIpc) is 3.19. The van der Waals surface area contributed by atoms with E-state index >= 15 is 0 Å². The first-order valence-electron chi connectivity index (χ1n) is 10.0. The summed E-state index contributed by atoms with van der Waals surface area (Å²) in [5.74, 6) is 0.164. The van der Waals surface area contributed by atoms with E-state index in [0.29, 0.717) is 18.8 Å². The van der Waals surface area contributed by atoms with Crippen LogP contribution in [0.15, 0.2) is 72.9 Å². The molecule has 0 spiro atoms. The largest absolute Gasteiger partial charge is 0.494 e. The van der Waals surface area contributed by atoms with Crippen LogP contribution in [0.2, 0.25) is 0 Å². The molecule has 0 fully saturated rings. The molecule has 4 nitrogen and oxygen atoms in total. The maximum atomic E-state index is 13.8. The standard InChI is InChI=1S/C25H19F2N3O/c1-2-31-20-10-11-23-21(13-20)25-22(15-30(23)14-16-4-3-5-19(27)12-16)24(28-29-25)17-6-8-18(26)9-7-17/h3-13,15H,2,14H2,1H3. The molecule has 0 N–H and O–H groups in total. The zero-order valence-electron chi connectivity index (χ0n) is 16.8. The molecule has 3 aromatic rings. The molecule has 0 bridgehead atoms. The molecular weight excluding hydrogens is 396 g/mol. The number of aromatic nitrogens is 3. The minimum Gasteiger partial charge on any atom is -0.494 e. The molecule has 154 valence electrons. The Hall–Kier alpha value is -3.80. The van der Waals surface area contributed by atoms with Crippen molar-refractivity contribution in [2.24, 2.45) is 0 Å². The molecule has 0 unspecified atom stereocenters. The fourth-order valence-corrected chi connectivity index (χ4v) is 3.86. The second-order valence-electron chi connectivity index (χ2n) is 7.32. The van der Waals surface area contributed by atoms with Gasteiger partial charge in [-0.3, -0.25) is 0 Å². The Kier molecular flexibility index (Phi) is 4.82. The van der Waals surface area contributed by atoms with Gasteiger partial charge in [0.25, 0.3) is 0 Å². The van der Waals surface area contributed by atoms with Crippen molar-refractivity contribution in [2.45, 2.75) is 13.5 Å². The summed E-state index contributed by atoms with van der Waals surface area (Å²) in [4.78, 5) is 0. The zero-order chi connectivity index (χ0) is 21.4. The summed E-state index contributed by atoms with van der Waals surface area (Å²) in [5.41, 5.74) is 4.81. The number of hydrogen-bond donors (Lipinski definition) is 0. The highest BCUT2D eigenvalue weighted by Gasteiger charge is 2.21. The van der Waals surface area contributed by atoms with Gasteiger partial charge in [-0.15, -0.1) is 10.2 Å². The number of rotatable bonds is 5. The second-order valence-corrected chi connectivity index (χ2v) is 7.32. The maximum Gasteiger partial charge on any atom is 0.123 e. The number of ether oxygens (including phenoxy) is 1. The lowest BCUT2D eigenvalue weighted by atomic mass is 10.0. The number of benzene rings is 3. The summed E-state index contributed by atoms with van der Waals surface area (Å²) in [6.07, 6.45) is 1.97. The van der Waals surface area contributed by atoms with E-state index in [1.807, 2.05) is 37.4 Å². The first-order chi connectivity index (χ1) is 15.1. The summed E-state index contributed by atoms with van der Waals surface area (Å²) in [6.45, 7) is 2.97. The predicted molar refractivity (Wildman–Crippen MR) is 116 cm³/mol. The van der Waals surface area contributed by atoms with E-state index in [-0.39, 0.29) is 11.6 Å². The summed E-state index contributed by atoms with van der Waals surface area (Å²) < 4.78 is 34.9. The van der Waals surface area contributed by atoms with Crippen LogP contribution in [-0.4, -0.2) is 21.4 Å². The van der Waals surface area contributed by atoms with Crippen molar-refractivity contribution in [3.63, 3.8) is 0 Å². The van der Waals surface area contributed by atoms with Crippen molar-refractivity contribution in [3.8, 4) is 28.3 Å². The van der Waals surface area contributed by atoms with Gasteiger partial charge < -0.3 is 9.30 Å². The van der Waals surface area contributed by atoms with Crippen LogP contribution in [0.25, 0.3) is 33.4 Å². The van der Waals surface area contributed by atoms with Crippen molar-refractivity contribution in [2.75, 3.05) is 6.61 Å². The number of pyridine rings is 1. The van der Waals surface area contributed by atoms with E-state index < -0.39 is 0 Å². The minimum absolute atomic E-state index is 0.272. The molecule has 6 heteroatoms. The fraction of sp³-hybridized carbons (Fsp3) is 0.120. The van der Waals surface area contributed by atoms with Crippen LogP contribution >= 0.6 is 0 Å². The third-order valence-electron chi connectivity index (χ3n) is 5.25. The van der Waals surface area contributed by atoms with Crippen LogP contribution < -0.4 is 4.74 Å². The van der Waals surface area contributed by atoms with Gasteiger partial charge in [-0.25, -0.2) is 8.78 Å². The van der Waals surface area contributed by atoms with Crippen molar-refractivity contribution in [3.05, 3.63) is 90.1 Å². The van der Waals surface area contributed by atoms with Gasteiger partial charge in [0.1, 0.15) is 28.8 Å². The van der Waals surface area contributed by atoms with E-state index in [0.717, 1.165) is 39.0 Å². The summed E-state index contributed by atoms with van der Waals surface area (Å²) in [6, 6.07) is 18.6. The minimum atomic E-state index is -0.305. The SMILES string of the molecule is CCOc1ccc2c(c1)c1nnc(-c3ccc(F)cc3)c-1cn2Cc1cccc(F)c1. The molecule has 0 saturated heterocycles. The zero-order valence-corrected chi connectivity index (χ0v) is 16.8. The van der Waals surface area contributed by atoms with Gasteiger partial charge in [-0.1, -0.05) is 12.1 Å². The third-order valence-corrected chi connectivity index (χ3v) is 5.25. The summed E-state index contributed by atoms with van der Waals surface area (Å²) in [7, 11) is 0. The van der Waals surface area contributed by atoms with E-state index in [4.69, 9.17) is 4.74 Å². The molecule has 0 amide bonds. The van der Waals surface area contributed by atoms with E-state index in [9.17, 15) is 8.78 Å². The lowest BCUT2D eigenvalue weighted by Gasteiger charge is -2.16. The van der Waals surface area contributed by atoms with E-state index in [2.05, 4.69) is 14.8 Å². The molecule has 0 aliphatic carbocycles. The first-order valence-corrected chi connectivity index (χ1v) is 10.0. The van der Waals surface area contributed by atoms with Gasteiger partial charge in [0, 0.05) is 29.3 Å². The van der Waals surface area contributed by atoms with Gasteiger partial charge in [0.05, 0.1) is 12.1 Å². The van der Waals surface area contributed by atoms with Gasteiger partial charge in [-0.2, -0.15) is 0 Å². The maximum absolute atomic E-state index is 13.8. The van der Waals surface area contributed by atoms with E-state index in [1.165, 1.54) is 24.3 Å². The Balaban J connectivity index is 1.72. The highest BCUT2D eigenvalue weighted by Crippen LogP contribution is 2.38. The summed E-state index contributed by atoms with van der Waals surface area (Å²) in [5, 5.41) is 9.72. The average molecular weight is 415 g/mol. The second kappa shape index (κ2) is 7.80. The normalized spacial score (nSPS) is 11.3. The topological polar surface area (TPSA) is 39.9 Å². The van der Waals surface area contributed by atoms with Crippen LogP contribution in [0.5, 0.6) is 5.75 Å². The molecule has 0 aromatic heterocycles. The quantitative estimate of drug-likeness (QED) is 0.357.